The van der Waals surface area contributed by atoms with Gasteiger partial charge in [0.1, 0.15) is 0 Å². The van der Waals surface area contributed by atoms with E-state index in [1.165, 1.54) is 5.69 Å². The summed E-state index contributed by atoms with van der Waals surface area (Å²) in [6.45, 7) is 4.44. The van der Waals surface area contributed by atoms with E-state index in [1.807, 2.05) is 36.7 Å². The molecule has 128 valence electrons. The number of anilines is 1. The summed E-state index contributed by atoms with van der Waals surface area (Å²) in [4.78, 5) is 13.2. The second kappa shape index (κ2) is 7.12. The number of piperazine rings is 1. The van der Waals surface area contributed by atoms with E-state index in [1.54, 1.807) is 17.1 Å². The van der Waals surface area contributed by atoms with Gasteiger partial charge in [-0.3, -0.25) is 14.9 Å². The fraction of sp³-hybridized carbons (Fsp3) is 0.294. The molecule has 0 unspecified atom stereocenters. The predicted octanol–water partition coefficient (Wildman–Crippen LogP) is 2.44. The van der Waals surface area contributed by atoms with Crippen LogP contribution in [0.1, 0.15) is 0 Å². The van der Waals surface area contributed by atoms with Gasteiger partial charge in [0.2, 0.25) is 5.89 Å². The van der Waals surface area contributed by atoms with Gasteiger partial charge in [-0.25, -0.2) is 4.68 Å². The molecule has 0 spiro atoms. The molecular formula is C17H18N6OS. The molecule has 0 atom stereocenters. The first-order valence-corrected chi connectivity index (χ1v) is 8.56. The minimum Gasteiger partial charge on any atom is -0.409 e. The summed E-state index contributed by atoms with van der Waals surface area (Å²) in [5.74, 6) is 0.508. The molecule has 0 radical (unpaired) electrons. The van der Waals surface area contributed by atoms with Crippen molar-refractivity contribution in [1.82, 2.24) is 24.6 Å². The summed E-state index contributed by atoms with van der Waals surface area (Å²) in [5, 5.41) is 4.49. The van der Waals surface area contributed by atoms with Crippen LogP contribution in [0.25, 0.3) is 11.5 Å². The zero-order valence-electron chi connectivity index (χ0n) is 13.7. The summed E-state index contributed by atoms with van der Waals surface area (Å²) in [7, 11) is 0. The van der Waals surface area contributed by atoms with Gasteiger partial charge in [-0.05, 0) is 36.5 Å². The lowest BCUT2D eigenvalue weighted by atomic mass is 10.3. The Morgan fingerprint density at radius 2 is 1.80 bits per heavy atom. The molecule has 3 aromatic rings. The highest BCUT2D eigenvalue weighted by Gasteiger charge is 2.18. The lowest BCUT2D eigenvalue weighted by Crippen LogP contribution is -2.46. The van der Waals surface area contributed by atoms with Crippen molar-refractivity contribution < 1.29 is 4.42 Å². The van der Waals surface area contributed by atoms with E-state index in [0.717, 1.165) is 31.7 Å². The first-order chi connectivity index (χ1) is 12.3. The second-order valence-electron chi connectivity index (χ2n) is 5.87. The molecule has 3 aromatic heterocycles. The highest BCUT2D eigenvalue weighted by atomic mass is 32.1. The first kappa shape index (κ1) is 15.9. The van der Waals surface area contributed by atoms with Gasteiger partial charge in [0.15, 0.2) is 0 Å². The van der Waals surface area contributed by atoms with Crippen LogP contribution >= 0.6 is 12.2 Å². The van der Waals surface area contributed by atoms with Crippen molar-refractivity contribution in [3.05, 3.63) is 53.9 Å². The molecule has 1 aliphatic heterocycles. The number of nitrogens with zero attached hydrogens (tertiary/aromatic N) is 6. The average molecular weight is 354 g/mol. The van der Waals surface area contributed by atoms with Crippen LogP contribution in [0.5, 0.6) is 0 Å². The van der Waals surface area contributed by atoms with Gasteiger partial charge < -0.3 is 9.32 Å². The van der Waals surface area contributed by atoms with E-state index in [0.29, 0.717) is 17.4 Å². The van der Waals surface area contributed by atoms with Gasteiger partial charge in [-0.15, -0.1) is 5.10 Å². The van der Waals surface area contributed by atoms with Crippen LogP contribution in [0.3, 0.4) is 0 Å². The highest BCUT2D eigenvalue weighted by molar-refractivity contribution is 7.71. The molecule has 8 heteroatoms. The van der Waals surface area contributed by atoms with Gasteiger partial charge in [-0.1, -0.05) is 0 Å². The second-order valence-corrected chi connectivity index (χ2v) is 6.22. The van der Waals surface area contributed by atoms with Crippen LogP contribution in [0.15, 0.2) is 53.5 Å². The van der Waals surface area contributed by atoms with Crippen LogP contribution in [0, 0.1) is 4.84 Å². The first-order valence-electron chi connectivity index (χ1n) is 8.15. The van der Waals surface area contributed by atoms with Gasteiger partial charge in [0, 0.05) is 56.7 Å². The van der Waals surface area contributed by atoms with E-state index in [9.17, 15) is 0 Å². The number of rotatable bonds is 4. The van der Waals surface area contributed by atoms with Crippen molar-refractivity contribution in [2.75, 3.05) is 31.1 Å². The Bertz CT molecular complexity index is 871. The van der Waals surface area contributed by atoms with E-state index >= 15 is 0 Å². The van der Waals surface area contributed by atoms with Crippen LogP contribution in [-0.4, -0.2) is 50.8 Å². The molecule has 0 aromatic carbocycles. The van der Waals surface area contributed by atoms with Crippen molar-refractivity contribution in [2.45, 2.75) is 6.67 Å². The Kier molecular flexibility index (Phi) is 4.53. The van der Waals surface area contributed by atoms with Crippen LogP contribution in [0.4, 0.5) is 5.69 Å². The largest absolute Gasteiger partial charge is 0.409 e. The Hall–Kier alpha value is -2.58. The van der Waals surface area contributed by atoms with Crippen LogP contribution in [-0.2, 0) is 6.67 Å². The number of hydrogen-bond donors (Lipinski definition) is 0. The number of pyridine rings is 2. The summed E-state index contributed by atoms with van der Waals surface area (Å²) >= 11 is 5.31. The fourth-order valence-corrected chi connectivity index (χ4v) is 3.07. The van der Waals surface area contributed by atoms with Gasteiger partial charge in [-0.2, -0.15) is 0 Å². The lowest BCUT2D eigenvalue weighted by Gasteiger charge is -2.35. The molecule has 4 rings (SSSR count). The molecule has 0 amide bonds. The summed E-state index contributed by atoms with van der Waals surface area (Å²) < 4.78 is 7.35. The van der Waals surface area contributed by atoms with Gasteiger partial charge in [0.05, 0.1) is 12.2 Å². The summed E-state index contributed by atoms with van der Waals surface area (Å²) in [6, 6.07) is 7.85. The topological polar surface area (TPSA) is 63.2 Å². The molecule has 4 heterocycles. The highest BCUT2D eigenvalue weighted by Crippen LogP contribution is 2.18. The number of hydrogen-bond acceptors (Lipinski definition) is 7. The molecule has 7 nitrogen and oxygen atoms in total. The molecule has 1 aliphatic rings. The molecule has 1 fully saturated rings. The predicted molar refractivity (Wildman–Crippen MR) is 96.6 cm³/mol. The van der Waals surface area contributed by atoms with Crippen molar-refractivity contribution in [3.63, 3.8) is 0 Å². The normalized spacial score (nSPS) is 15.4. The lowest BCUT2D eigenvalue weighted by molar-refractivity contribution is 0.192. The molecular weight excluding hydrogens is 336 g/mol. The van der Waals surface area contributed by atoms with Crippen molar-refractivity contribution in [1.29, 1.82) is 0 Å². The zero-order valence-corrected chi connectivity index (χ0v) is 14.5. The third-order valence-corrected chi connectivity index (χ3v) is 4.54. The van der Waals surface area contributed by atoms with Gasteiger partial charge in [0.25, 0.3) is 4.84 Å². The molecule has 1 saturated heterocycles. The molecule has 0 saturated carbocycles. The van der Waals surface area contributed by atoms with E-state index in [2.05, 4.69) is 24.9 Å². The standard InChI is InChI=1S/C17H18N6OS/c25-17-23(20-16(24-17)14-2-1-5-19-12-14)13-21-8-10-22(11-9-21)15-3-6-18-7-4-15/h1-7,12H,8-11,13H2. The molecule has 0 N–H and O–H groups in total. The van der Waals surface area contributed by atoms with Crippen LogP contribution < -0.4 is 4.90 Å². The maximum absolute atomic E-state index is 5.62. The van der Waals surface area contributed by atoms with Crippen LogP contribution in [0.2, 0.25) is 0 Å². The Labute approximate surface area is 150 Å². The Balaban J connectivity index is 1.41. The van der Waals surface area contributed by atoms with Gasteiger partial charge >= 0.3 is 0 Å². The monoisotopic (exact) mass is 354 g/mol. The minimum atomic E-state index is 0.385. The van der Waals surface area contributed by atoms with E-state index in [-0.39, 0.29) is 0 Å². The maximum atomic E-state index is 5.62. The third kappa shape index (κ3) is 3.59. The zero-order chi connectivity index (χ0) is 17.1. The molecule has 25 heavy (non-hydrogen) atoms. The maximum Gasteiger partial charge on any atom is 0.288 e. The summed E-state index contributed by atoms with van der Waals surface area (Å²) in [6.07, 6.45) is 7.10. The Morgan fingerprint density at radius 1 is 1.00 bits per heavy atom. The van der Waals surface area contributed by atoms with Crippen molar-refractivity contribution in [2.24, 2.45) is 0 Å². The smallest absolute Gasteiger partial charge is 0.288 e. The van der Waals surface area contributed by atoms with Crippen molar-refractivity contribution in [3.8, 4) is 11.5 Å². The number of aromatic nitrogens is 4. The SMILES string of the molecule is S=c1oc(-c2cccnc2)nn1CN1CCN(c2ccncc2)CC1. The van der Waals surface area contributed by atoms with Crippen molar-refractivity contribution >= 4 is 17.9 Å². The third-order valence-electron chi connectivity index (χ3n) is 4.25. The molecule has 0 aliphatic carbocycles. The quantitative estimate of drug-likeness (QED) is 0.667. The Morgan fingerprint density at radius 3 is 2.52 bits per heavy atom. The van der Waals surface area contributed by atoms with E-state index < -0.39 is 0 Å². The fourth-order valence-electron chi connectivity index (χ4n) is 2.89. The minimum absolute atomic E-state index is 0.385. The molecule has 0 bridgehead atoms. The average Bonchev–Trinajstić information content (AvgIpc) is 3.04. The summed E-state index contributed by atoms with van der Waals surface area (Å²) in [5.41, 5.74) is 2.04. The van der Waals surface area contributed by atoms with E-state index in [4.69, 9.17) is 16.6 Å².